The van der Waals surface area contributed by atoms with Crippen molar-refractivity contribution in [2.75, 3.05) is 16.4 Å². The monoisotopic (exact) mass is 275 g/mol. The van der Waals surface area contributed by atoms with E-state index in [1.165, 1.54) is 18.1 Å². The van der Waals surface area contributed by atoms with Crippen molar-refractivity contribution >= 4 is 35.0 Å². The van der Waals surface area contributed by atoms with Crippen LogP contribution in [0.5, 0.6) is 0 Å². The first kappa shape index (κ1) is 11.7. The second-order valence-corrected chi connectivity index (χ2v) is 4.85. The van der Waals surface area contributed by atoms with Crippen LogP contribution in [0.3, 0.4) is 0 Å². The Morgan fingerprint density at radius 2 is 2.32 bits per heavy atom. The minimum absolute atomic E-state index is 0.0452. The molecule has 0 fully saturated rings. The Kier molecular flexibility index (Phi) is 2.92. The molecule has 1 aromatic carbocycles. The first-order chi connectivity index (χ1) is 9.22. The number of benzene rings is 1. The highest BCUT2D eigenvalue weighted by molar-refractivity contribution is 8.00. The van der Waals surface area contributed by atoms with Crippen molar-refractivity contribution in [3.8, 4) is 0 Å². The van der Waals surface area contributed by atoms with Gasteiger partial charge in [-0.05, 0) is 18.2 Å². The van der Waals surface area contributed by atoms with Crippen LogP contribution in [0.25, 0.3) is 0 Å². The molecule has 0 spiro atoms. The van der Waals surface area contributed by atoms with E-state index in [9.17, 15) is 9.59 Å². The van der Waals surface area contributed by atoms with E-state index in [2.05, 4.69) is 25.8 Å². The van der Waals surface area contributed by atoms with Gasteiger partial charge in [0.2, 0.25) is 11.7 Å². The number of amides is 2. The Labute approximate surface area is 112 Å². The number of fused-ring (bicyclic) bond motifs is 1. The third-order valence-electron chi connectivity index (χ3n) is 2.50. The highest BCUT2D eigenvalue weighted by atomic mass is 32.2. The summed E-state index contributed by atoms with van der Waals surface area (Å²) >= 11 is 1.47. The fraction of sp³-hybridized carbons (Fsp3) is 0.0909. The van der Waals surface area contributed by atoms with Crippen LogP contribution < -0.4 is 10.6 Å². The lowest BCUT2D eigenvalue weighted by atomic mass is 10.2. The summed E-state index contributed by atoms with van der Waals surface area (Å²) in [6.07, 6.45) is 1.26. The van der Waals surface area contributed by atoms with Gasteiger partial charge in [0.15, 0.2) is 0 Å². The Balaban J connectivity index is 1.81. The van der Waals surface area contributed by atoms with Crippen LogP contribution >= 0.6 is 11.8 Å². The highest BCUT2D eigenvalue weighted by Gasteiger charge is 2.16. The Morgan fingerprint density at radius 3 is 3.11 bits per heavy atom. The molecular weight excluding hydrogens is 266 g/mol. The van der Waals surface area contributed by atoms with Gasteiger partial charge >= 0.3 is 0 Å². The van der Waals surface area contributed by atoms with Crippen LogP contribution in [-0.2, 0) is 4.79 Å². The van der Waals surface area contributed by atoms with Gasteiger partial charge in [-0.2, -0.15) is 5.10 Å². The zero-order chi connectivity index (χ0) is 13.2. The standard InChI is InChI=1S/C11H9N5O2S/c17-9-4-19-8-2-1-6(3-7(8)15-9)14-11(18)10-12-5-13-16-10/h1-3,5H,4H2,(H,14,18)(H,15,17)(H,12,13,16). The molecule has 1 aliphatic heterocycles. The zero-order valence-corrected chi connectivity index (χ0v) is 10.5. The molecule has 0 unspecified atom stereocenters. The van der Waals surface area contributed by atoms with Crippen molar-refractivity contribution < 1.29 is 9.59 Å². The number of H-pyrrole nitrogens is 1. The van der Waals surface area contributed by atoms with E-state index in [-0.39, 0.29) is 17.6 Å². The normalized spacial score (nSPS) is 13.6. The molecule has 8 heteroatoms. The quantitative estimate of drug-likeness (QED) is 0.762. The third-order valence-corrected chi connectivity index (χ3v) is 3.57. The second kappa shape index (κ2) is 4.73. The topological polar surface area (TPSA) is 99.8 Å². The second-order valence-electron chi connectivity index (χ2n) is 3.84. The first-order valence-corrected chi connectivity index (χ1v) is 6.44. The molecule has 2 aromatic rings. The van der Waals surface area contributed by atoms with Gasteiger partial charge in [0.25, 0.3) is 5.91 Å². The van der Waals surface area contributed by atoms with E-state index >= 15 is 0 Å². The van der Waals surface area contributed by atoms with Gasteiger partial charge in [0.1, 0.15) is 6.33 Å². The summed E-state index contributed by atoms with van der Waals surface area (Å²) < 4.78 is 0. The van der Waals surface area contributed by atoms with Crippen molar-refractivity contribution in [2.24, 2.45) is 0 Å². The summed E-state index contributed by atoms with van der Waals surface area (Å²) in [5.74, 6) is 0.121. The summed E-state index contributed by atoms with van der Waals surface area (Å²) in [7, 11) is 0. The van der Waals surface area contributed by atoms with Gasteiger partial charge in [-0.25, -0.2) is 4.98 Å². The molecule has 1 aliphatic rings. The van der Waals surface area contributed by atoms with Crippen molar-refractivity contribution in [3.05, 3.63) is 30.4 Å². The van der Waals surface area contributed by atoms with Crippen LogP contribution in [0.2, 0.25) is 0 Å². The van der Waals surface area contributed by atoms with Gasteiger partial charge in [0, 0.05) is 10.6 Å². The number of hydrogen-bond acceptors (Lipinski definition) is 5. The molecule has 0 saturated heterocycles. The molecule has 19 heavy (non-hydrogen) atoms. The highest BCUT2D eigenvalue weighted by Crippen LogP contribution is 2.33. The smallest absolute Gasteiger partial charge is 0.292 e. The van der Waals surface area contributed by atoms with Crippen molar-refractivity contribution in [1.29, 1.82) is 0 Å². The van der Waals surface area contributed by atoms with E-state index in [0.29, 0.717) is 17.1 Å². The third kappa shape index (κ3) is 2.43. The maximum Gasteiger partial charge on any atom is 0.292 e. The first-order valence-electron chi connectivity index (χ1n) is 5.46. The molecule has 0 aliphatic carbocycles. The average Bonchev–Trinajstić information content (AvgIpc) is 2.92. The van der Waals surface area contributed by atoms with E-state index in [0.717, 1.165) is 4.90 Å². The van der Waals surface area contributed by atoms with E-state index in [4.69, 9.17) is 0 Å². The Morgan fingerprint density at radius 1 is 1.42 bits per heavy atom. The largest absolute Gasteiger partial charge is 0.324 e. The molecule has 3 N–H and O–H groups in total. The van der Waals surface area contributed by atoms with Gasteiger partial charge in [-0.15, -0.1) is 11.8 Å². The Bertz CT molecular complexity index is 641. The van der Waals surface area contributed by atoms with Gasteiger partial charge < -0.3 is 10.6 Å². The molecule has 0 atom stereocenters. The fourth-order valence-corrected chi connectivity index (χ4v) is 2.45. The van der Waals surface area contributed by atoms with Gasteiger partial charge in [-0.1, -0.05) is 0 Å². The van der Waals surface area contributed by atoms with Gasteiger partial charge in [0.05, 0.1) is 11.4 Å². The van der Waals surface area contributed by atoms with E-state index in [1.54, 1.807) is 12.1 Å². The number of anilines is 2. The number of nitrogens with zero attached hydrogens (tertiary/aromatic N) is 2. The van der Waals surface area contributed by atoms with Crippen LogP contribution in [-0.4, -0.2) is 32.7 Å². The van der Waals surface area contributed by atoms with Crippen molar-refractivity contribution in [2.45, 2.75) is 4.90 Å². The molecule has 7 nitrogen and oxygen atoms in total. The molecule has 2 heterocycles. The Hall–Kier alpha value is -2.35. The van der Waals surface area contributed by atoms with Crippen LogP contribution in [0.15, 0.2) is 29.4 Å². The summed E-state index contributed by atoms with van der Waals surface area (Å²) in [6.45, 7) is 0. The molecule has 1 aromatic heterocycles. The van der Waals surface area contributed by atoms with Crippen LogP contribution in [0.4, 0.5) is 11.4 Å². The summed E-state index contributed by atoms with van der Waals surface area (Å²) in [5, 5.41) is 11.5. The number of thioether (sulfide) groups is 1. The minimum Gasteiger partial charge on any atom is -0.324 e. The number of nitrogens with one attached hydrogen (secondary N) is 3. The van der Waals surface area contributed by atoms with Crippen molar-refractivity contribution in [1.82, 2.24) is 15.2 Å². The number of aromatic nitrogens is 3. The molecule has 3 rings (SSSR count). The van der Waals surface area contributed by atoms with Crippen LogP contribution in [0.1, 0.15) is 10.6 Å². The molecule has 2 amide bonds. The molecule has 0 saturated carbocycles. The number of rotatable bonds is 2. The predicted octanol–water partition coefficient (Wildman–Crippen LogP) is 1.10. The summed E-state index contributed by atoms with van der Waals surface area (Å²) in [6, 6.07) is 5.35. The minimum atomic E-state index is -0.382. The van der Waals surface area contributed by atoms with E-state index in [1.807, 2.05) is 6.07 Å². The van der Waals surface area contributed by atoms with Crippen molar-refractivity contribution in [3.63, 3.8) is 0 Å². The fourth-order valence-electron chi connectivity index (χ4n) is 1.67. The summed E-state index contributed by atoms with van der Waals surface area (Å²) in [4.78, 5) is 27.8. The number of carbonyl (C=O) groups is 2. The lowest BCUT2D eigenvalue weighted by Crippen LogP contribution is -2.19. The molecule has 0 bridgehead atoms. The number of hydrogen-bond donors (Lipinski definition) is 3. The lowest BCUT2D eigenvalue weighted by Gasteiger charge is -2.17. The maximum atomic E-state index is 11.8. The molecule has 0 radical (unpaired) electrons. The van der Waals surface area contributed by atoms with Gasteiger partial charge in [-0.3, -0.25) is 14.7 Å². The number of carbonyl (C=O) groups excluding carboxylic acids is 2. The average molecular weight is 275 g/mol. The van der Waals surface area contributed by atoms with Crippen LogP contribution in [0, 0.1) is 0 Å². The molecule has 96 valence electrons. The van der Waals surface area contributed by atoms with E-state index < -0.39 is 0 Å². The lowest BCUT2D eigenvalue weighted by molar-refractivity contribution is -0.113. The predicted molar refractivity (Wildman–Crippen MR) is 70.1 cm³/mol. The molecular formula is C11H9N5O2S. The SMILES string of the molecule is O=C1CSc2ccc(NC(=O)c3ncn[nH]3)cc2N1. The maximum absolute atomic E-state index is 11.8. The zero-order valence-electron chi connectivity index (χ0n) is 9.64. The summed E-state index contributed by atoms with van der Waals surface area (Å²) in [5.41, 5.74) is 1.29. The number of aromatic amines is 1.